The zero-order chi connectivity index (χ0) is 15.1. The Labute approximate surface area is 118 Å². The van der Waals surface area contributed by atoms with Crippen molar-refractivity contribution in [3.8, 4) is 11.5 Å². The highest BCUT2D eigenvalue weighted by molar-refractivity contribution is 5.86. The molecule has 0 amide bonds. The number of oxazole rings is 1. The van der Waals surface area contributed by atoms with Gasteiger partial charge >= 0.3 is 5.97 Å². The summed E-state index contributed by atoms with van der Waals surface area (Å²) >= 11 is 0. The van der Waals surface area contributed by atoms with E-state index < -0.39 is 5.97 Å². The second kappa shape index (κ2) is 4.78. The first-order chi connectivity index (χ1) is 9.20. The molecule has 4 heteroatoms. The third-order valence-electron chi connectivity index (χ3n) is 3.32. The lowest BCUT2D eigenvalue weighted by Gasteiger charge is -2.20. The van der Waals surface area contributed by atoms with Crippen LogP contribution in [0.15, 0.2) is 22.6 Å². The van der Waals surface area contributed by atoms with Gasteiger partial charge in [-0.2, -0.15) is 0 Å². The van der Waals surface area contributed by atoms with Gasteiger partial charge in [0.1, 0.15) is 0 Å². The maximum absolute atomic E-state index is 11.0. The largest absolute Gasteiger partial charge is 0.475 e. The van der Waals surface area contributed by atoms with Crippen molar-refractivity contribution in [1.82, 2.24) is 4.98 Å². The van der Waals surface area contributed by atoms with Gasteiger partial charge in [-0.25, -0.2) is 9.78 Å². The molecule has 1 aromatic heterocycles. The van der Waals surface area contributed by atoms with Crippen molar-refractivity contribution >= 4 is 5.97 Å². The number of carboxylic acid groups (broad SMARTS) is 1. The summed E-state index contributed by atoms with van der Waals surface area (Å²) in [4.78, 5) is 15.3. The molecule has 0 aliphatic heterocycles. The maximum Gasteiger partial charge on any atom is 0.373 e. The third kappa shape index (κ3) is 2.59. The van der Waals surface area contributed by atoms with Crippen LogP contribution in [0.2, 0.25) is 0 Å². The van der Waals surface area contributed by atoms with Crippen LogP contribution < -0.4 is 0 Å². The first-order valence-electron chi connectivity index (χ1n) is 6.52. The molecule has 0 radical (unpaired) electrons. The molecule has 1 aromatic carbocycles. The molecule has 4 nitrogen and oxygen atoms in total. The fourth-order valence-corrected chi connectivity index (χ4v) is 2.03. The van der Waals surface area contributed by atoms with E-state index in [0.717, 1.165) is 16.7 Å². The van der Waals surface area contributed by atoms with Crippen molar-refractivity contribution in [1.29, 1.82) is 0 Å². The number of hydrogen-bond acceptors (Lipinski definition) is 3. The monoisotopic (exact) mass is 273 g/mol. The molecule has 0 unspecified atom stereocenters. The number of aromatic carboxylic acids is 1. The fourth-order valence-electron chi connectivity index (χ4n) is 2.03. The van der Waals surface area contributed by atoms with Crippen molar-refractivity contribution in [3.05, 3.63) is 40.8 Å². The molecule has 0 fully saturated rings. The maximum atomic E-state index is 11.0. The molecule has 2 rings (SSSR count). The molecule has 0 atom stereocenters. The van der Waals surface area contributed by atoms with E-state index in [1.165, 1.54) is 0 Å². The minimum atomic E-state index is -1.09. The Morgan fingerprint density at radius 2 is 1.90 bits per heavy atom. The van der Waals surface area contributed by atoms with Crippen LogP contribution in [0.3, 0.4) is 0 Å². The van der Waals surface area contributed by atoms with Crippen LogP contribution in [0.5, 0.6) is 0 Å². The smallest absolute Gasteiger partial charge is 0.373 e. The second-order valence-corrected chi connectivity index (χ2v) is 6.02. The van der Waals surface area contributed by atoms with Crippen molar-refractivity contribution in [2.75, 3.05) is 0 Å². The molecule has 0 spiro atoms. The lowest BCUT2D eigenvalue weighted by atomic mass is 9.85. The Hall–Kier alpha value is -2.10. The number of benzene rings is 1. The van der Waals surface area contributed by atoms with E-state index in [9.17, 15) is 4.79 Å². The number of hydrogen-bond donors (Lipinski definition) is 1. The van der Waals surface area contributed by atoms with Gasteiger partial charge in [-0.3, -0.25) is 0 Å². The van der Waals surface area contributed by atoms with Crippen LogP contribution in [0, 0.1) is 13.8 Å². The van der Waals surface area contributed by atoms with Crippen LogP contribution in [0.4, 0.5) is 0 Å². The van der Waals surface area contributed by atoms with Crippen LogP contribution in [-0.2, 0) is 5.41 Å². The normalized spacial score (nSPS) is 11.7. The van der Waals surface area contributed by atoms with E-state index in [1.807, 2.05) is 19.1 Å². The summed E-state index contributed by atoms with van der Waals surface area (Å²) in [6, 6.07) is 6.11. The van der Waals surface area contributed by atoms with Crippen LogP contribution in [-0.4, -0.2) is 16.1 Å². The van der Waals surface area contributed by atoms with E-state index in [4.69, 9.17) is 9.52 Å². The molecule has 1 N–H and O–H groups in total. The van der Waals surface area contributed by atoms with Crippen molar-refractivity contribution in [3.63, 3.8) is 0 Å². The first kappa shape index (κ1) is 14.3. The SMILES string of the molecule is Cc1ccc(C(C)(C)C)cc1-c1nc(C)c(C(=O)O)o1. The number of rotatable bonds is 2. The summed E-state index contributed by atoms with van der Waals surface area (Å²) in [6.45, 7) is 9.99. The number of aromatic nitrogens is 1. The third-order valence-corrected chi connectivity index (χ3v) is 3.32. The molecular weight excluding hydrogens is 254 g/mol. The zero-order valence-corrected chi connectivity index (χ0v) is 12.4. The molecule has 2 aromatic rings. The summed E-state index contributed by atoms with van der Waals surface area (Å²) in [5, 5.41) is 9.05. The molecule has 0 saturated carbocycles. The average molecular weight is 273 g/mol. The van der Waals surface area contributed by atoms with Crippen molar-refractivity contribution in [2.24, 2.45) is 0 Å². The predicted octanol–water partition coefficient (Wildman–Crippen LogP) is 3.95. The predicted molar refractivity (Wildman–Crippen MR) is 77.1 cm³/mol. The molecule has 20 heavy (non-hydrogen) atoms. The van der Waals surface area contributed by atoms with Gasteiger partial charge in [0.05, 0.1) is 5.69 Å². The van der Waals surface area contributed by atoms with Gasteiger partial charge in [-0.15, -0.1) is 0 Å². The quantitative estimate of drug-likeness (QED) is 0.899. The van der Waals surface area contributed by atoms with Crippen LogP contribution >= 0.6 is 0 Å². The van der Waals surface area contributed by atoms with Gasteiger partial charge in [0.2, 0.25) is 11.7 Å². The summed E-state index contributed by atoms with van der Waals surface area (Å²) in [5.74, 6) is -0.824. The number of carboxylic acids is 1. The van der Waals surface area contributed by atoms with Gasteiger partial charge < -0.3 is 9.52 Å². The Balaban J connectivity index is 2.57. The highest BCUT2D eigenvalue weighted by Gasteiger charge is 2.20. The van der Waals surface area contributed by atoms with Crippen LogP contribution in [0.25, 0.3) is 11.5 Å². The summed E-state index contributed by atoms with van der Waals surface area (Å²) in [6.07, 6.45) is 0. The number of carbonyl (C=O) groups is 1. The molecule has 0 aliphatic rings. The van der Waals surface area contributed by atoms with Crippen molar-refractivity contribution < 1.29 is 14.3 Å². The Morgan fingerprint density at radius 1 is 1.25 bits per heavy atom. The summed E-state index contributed by atoms with van der Waals surface area (Å²) in [5.41, 5.74) is 3.42. The molecule has 0 bridgehead atoms. The topological polar surface area (TPSA) is 63.3 Å². The Morgan fingerprint density at radius 3 is 2.40 bits per heavy atom. The molecule has 106 valence electrons. The number of aryl methyl sites for hydroxylation is 2. The lowest BCUT2D eigenvalue weighted by molar-refractivity contribution is 0.0662. The highest BCUT2D eigenvalue weighted by atomic mass is 16.4. The van der Waals surface area contributed by atoms with Gasteiger partial charge in [0.25, 0.3) is 0 Å². The molecule has 0 aliphatic carbocycles. The first-order valence-corrected chi connectivity index (χ1v) is 6.52. The fraction of sp³-hybridized carbons (Fsp3) is 0.375. The van der Waals surface area contributed by atoms with E-state index in [1.54, 1.807) is 6.92 Å². The minimum Gasteiger partial charge on any atom is -0.475 e. The standard InChI is InChI=1S/C16H19NO3/c1-9-6-7-11(16(3,4)5)8-12(9)14-17-10(2)13(20-14)15(18)19/h6-8H,1-5H3,(H,18,19). The average Bonchev–Trinajstić information content (AvgIpc) is 2.70. The Bertz CT molecular complexity index is 663. The van der Waals surface area contributed by atoms with Gasteiger partial charge in [-0.05, 0) is 36.5 Å². The van der Waals surface area contributed by atoms with E-state index in [0.29, 0.717) is 11.6 Å². The molecule has 1 heterocycles. The van der Waals surface area contributed by atoms with Gasteiger partial charge in [0, 0.05) is 5.56 Å². The molecular formula is C16H19NO3. The molecule has 0 saturated heterocycles. The van der Waals surface area contributed by atoms with Crippen LogP contribution in [0.1, 0.15) is 48.1 Å². The van der Waals surface area contributed by atoms with E-state index in [-0.39, 0.29) is 11.2 Å². The second-order valence-electron chi connectivity index (χ2n) is 6.02. The Kier molecular flexibility index (Phi) is 3.42. The zero-order valence-electron chi connectivity index (χ0n) is 12.4. The summed E-state index contributed by atoms with van der Waals surface area (Å²) < 4.78 is 5.40. The van der Waals surface area contributed by atoms with Crippen molar-refractivity contribution in [2.45, 2.75) is 40.0 Å². The number of nitrogens with zero attached hydrogens (tertiary/aromatic N) is 1. The highest BCUT2D eigenvalue weighted by Crippen LogP contribution is 2.30. The van der Waals surface area contributed by atoms with E-state index in [2.05, 4.69) is 31.8 Å². The van der Waals surface area contributed by atoms with Gasteiger partial charge in [0.15, 0.2) is 0 Å². The summed E-state index contributed by atoms with van der Waals surface area (Å²) in [7, 11) is 0. The van der Waals surface area contributed by atoms with Gasteiger partial charge in [-0.1, -0.05) is 32.9 Å². The minimum absolute atomic E-state index is 0.0136. The lowest BCUT2D eigenvalue weighted by Crippen LogP contribution is -2.11. The van der Waals surface area contributed by atoms with E-state index >= 15 is 0 Å².